The first kappa shape index (κ1) is 20.5. The minimum absolute atomic E-state index is 0.00957. The molecule has 1 saturated heterocycles. The van der Waals surface area contributed by atoms with Gasteiger partial charge < -0.3 is 4.74 Å². The molecule has 2 aromatic carbocycles. The zero-order chi connectivity index (χ0) is 21.0. The lowest BCUT2D eigenvalue weighted by molar-refractivity contribution is -0.147. The number of ketones is 1. The summed E-state index contributed by atoms with van der Waals surface area (Å²) in [6.07, 6.45) is -0.0952. The van der Waals surface area contributed by atoms with E-state index < -0.39 is 30.3 Å². The molecule has 8 heteroatoms. The number of nitrogens with one attached hydrogen (secondary N) is 1. The van der Waals surface area contributed by atoms with E-state index in [1.54, 1.807) is 42.5 Å². The molecule has 0 aromatic heterocycles. The van der Waals surface area contributed by atoms with Crippen LogP contribution in [0.1, 0.15) is 32.7 Å². The molecule has 1 fully saturated rings. The van der Waals surface area contributed by atoms with Crippen LogP contribution in [0.5, 0.6) is 0 Å². The minimum atomic E-state index is -0.752. The monoisotopic (exact) mass is 414 g/mol. The molecule has 3 rings (SSSR count). The highest BCUT2D eigenvalue weighted by Crippen LogP contribution is 2.18. The van der Waals surface area contributed by atoms with Gasteiger partial charge in [-0.1, -0.05) is 29.3 Å². The fourth-order valence-electron chi connectivity index (χ4n) is 2.92. The predicted molar refractivity (Wildman–Crippen MR) is 105 cm³/mol. The summed E-state index contributed by atoms with van der Waals surface area (Å²) in [6.45, 7) is 1.42. The molecule has 7 nitrogen and oxygen atoms in total. The molecule has 1 aliphatic rings. The van der Waals surface area contributed by atoms with Crippen molar-refractivity contribution in [1.82, 2.24) is 10.4 Å². The van der Waals surface area contributed by atoms with Gasteiger partial charge in [0.25, 0.3) is 5.91 Å². The van der Waals surface area contributed by atoms with Gasteiger partial charge in [0.1, 0.15) is 0 Å². The number of halogens is 1. The summed E-state index contributed by atoms with van der Waals surface area (Å²) in [6, 6.07) is 13.2. The molecular formula is C21H19ClN2O5. The quantitative estimate of drug-likeness (QED) is 0.579. The number of hydrogen-bond donors (Lipinski definition) is 1. The van der Waals surface area contributed by atoms with Crippen molar-refractivity contribution in [2.45, 2.75) is 13.3 Å². The fourth-order valence-corrected chi connectivity index (χ4v) is 3.05. The lowest BCUT2D eigenvalue weighted by Gasteiger charge is -2.17. The average molecular weight is 415 g/mol. The third-order valence-electron chi connectivity index (χ3n) is 4.49. The molecule has 0 saturated carbocycles. The summed E-state index contributed by atoms with van der Waals surface area (Å²) in [4.78, 5) is 48.8. The first-order valence-corrected chi connectivity index (χ1v) is 9.34. The number of benzene rings is 2. The standard InChI is InChI=1S/C21H19ClN2O5/c1-13-3-2-4-15(9-13)20(27)23-24-11-16(10-19(24)26)21(28)29-12-18(25)14-5-7-17(22)8-6-14/h2-9,16H,10-12H2,1H3,(H,23,27)/t16-/m1/s1. The summed E-state index contributed by atoms with van der Waals surface area (Å²) in [7, 11) is 0. The average Bonchev–Trinajstić information content (AvgIpc) is 3.07. The van der Waals surface area contributed by atoms with Crippen molar-refractivity contribution in [1.29, 1.82) is 0 Å². The van der Waals surface area contributed by atoms with E-state index in [-0.39, 0.29) is 18.7 Å². The van der Waals surface area contributed by atoms with E-state index in [0.717, 1.165) is 10.6 Å². The number of carbonyl (C=O) groups is 4. The van der Waals surface area contributed by atoms with Gasteiger partial charge in [0, 0.05) is 22.6 Å². The van der Waals surface area contributed by atoms with Gasteiger partial charge in [-0.3, -0.25) is 29.6 Å². The molecule has 0 aliphatic carbocycles. The van der Waals surface area contributed by atoms with Gasteiger partial charge in [0.15, 0.2) is 12.4 Å². The first-order valence-electron chi connectivity index (χ1n) is 8.97. The first-order chi connectivity index (χ1) is 13.8. The van der Waals surface area contributed by atoms with E-state index in [1.807, 2.05) is 13.0 Å². The highest BCUT2D eigenvalue weighted by molar-refractivity contribution is 6.30. The molecule has 150 valence electrons. The van der Waals surface area contributed by atoms with Crippen LogP contribution in [0.3, 0.4) is 0 Å². The summed E-state index contributed by atoms with van der Waals surface area (Å²) >= 11 is 5.78. The van der Waals surface area contributed by atoms with Crippen LogP contribution in [0, 0.1) is 12.8 Å². The van der Waals surface area contributed by atoms with Crippen LogP contribution < -0.4 is 5.43 Å². The molecule has 0 radical (unpaired) electrons. The second-order valence-electron chi connectivity index (χ2n) is 6.75. The second kappa shape index (κ2) is 8.87. The van der Waals surface area contributed by atoms with Gasteiger partial charge in [0.2, 0.25) is 5.91 Å². The van der Waals surface area contributed by atoms with Crippen LogP contribution in [0.2, 0.25) is 5.02 Å². The Kier molecular flexibility index (Phi) is 6.29. The van der Waals surface area contributed by atoms with E-state index >= 15 is 0 Å². The SMILES string of the molecule is Cc1cccc(C(=O)NN2C[C@H](C(=O)OCC(=O)c3ccc(Cl)cc3)CC2=O)c1. The van der Waals surface area contributed by atoms with Gasteiger partial charge in [-0.25, -0.2) is 0 Å². The molecular weight excluding hydrogens is 396 g/mol. The lowest BCUT2D eigenvalue weighted by atomic mass is 10.1. The van der Waals surface area contributed by atoms with Crippen molar-refractivity contribution < 1.29 is 23.9 Å². The summed E-state index contributed by atoms with van der Waals surface area (Å²) in [5.74, 6) is -2.61. The second-order valence-corrected chi connectivity index (χ2v) is 7.19. The van der Waals surface area contributed by atoms with Crippen molar-refractivity contribution in [3.8, 4) is 0 Å². The van der Waals surface area contributed by atoms with Gasteiger partial charge >= 0.3 is 5.97 Å². The van der Waals surface area contributed by atoms with Crippen LogP contribution in [-0.2, 0) is 14.3 Å². The Hall–Kier alpha value is -3.19. The number of esters is 1. The molecule has 1 heterocycles. The van der Waals surface area contributed by atoms with Crippen molar-refractivity contribution in [2.75, 3.05) is 13.2 Å². The van der Waals surface area contributed by atoms with Crippen molar-refractivity contribution in [2.24, 2.45) is 5.92 Å². The fraction of sp³-hybridized carbons (Fsp3) is 0.238. The number of amides is 2. The van der Waals surface area contributed by atoms with Gasteiger partial charge in [-0.15, -0.1) is 0 Å². The molecule has 0 spiro atoms. The highest BCUT2D eigenvalue weighted by Gasteiger charge is 2.36. The van der Waals surface area contributed by atoms with E-state index in [1.165, 1.54) is 0 Å². The maximum absolute atomic E-state index is 12.3. The Labute approximate surface area is 172 Å². The predicted octanol–water partition coefficient (Wildman–Crippen LogP) is 2.57. The molecule has 29 heavy (non-hydrogen) atoms. The Morgan fingerprint density at radius 3 is 2.55 bits per heavy atom. The van der Waals surface area contributed by atoms with E-state index in [4.69, 9.17) is 16.3 Å². The summed E-state index contributed by atoms with van der Waals surface area (Å²) < 4.78 is 5.06. The van der Waals surface area contributed by atoms with Crippen molar-refractivity contribution in [3.05, 3.63) is 70.2 Å². The Bertz CT molecular complexity index is 958. The molecule has 1 N–H and O–H groups in total. The lowest BCUT2D eigenvalue weighted by Crippen LogP contribution is -2.43. The molecule has 0 unspecified atom stereocenters. The Morgan fingerprint density at radius 2 is 1.86 bits per heavy atom. The molecule has 2 amide bonds. The number of ether oxygens (including phenoxy) is 1. The van der Waals surface area contributed by atoms with Crippen molar-refractivity contribution in [3.63, 3.8) is 0 Å². The number of carbonyl (C=O) groups excluding carboxylic acids is 4. The summed E-state index contributed by atoms with van der Waals surface area (Å²) in [5, 5.41) is 1.60. The molecule has 0 bridgehead atoms. The van der Waals surface area contributed by atoms with Crippen LogP contribution in [-0.4, -0.2) is 41.7 Å². The number of nitrogens with zero attached hydrogens (tertiary/aromatic N) is 1. The third kappa shape index (κ3) is 5.20. The van der Waals surface area contributed by atoms with Gasteiger partial charge in [0.05, 0.1) is 12.5 Å². The van der Waals surface area contributed by atoms with Crippen LogP contribution in [0.25, 0.3) is 0 Å². The largest absolute Gasteiger partial charge is 0.457 e. The van der Waals surface area contributed by atoms with E-state index in [0.29, 0.717) is 16.1 Å². The molecule has 1 aliphatic heterocycles. The number of aryl methyl sites for hydroxylation is 1. The zero-order valence-electron chi connectivity index (χ0n) is 15.7. The van der Waals surface area contributed by atoms with Crippen LogP contribution in [0.15, 0.2) is 48.5 Å². The molecule has 1 atom stereocenters. The Morgan fingerprint density at radius 1 is 1.14 bits per heavy atom. The highest BCUT2D eigenvalue weighted by atomic mass is 35.5. The molecule has 2 aromatic rings. The topological polar surface area (TPSA) is 92.8 Å². The normalized spacial score (nSPS) is 15.9. The van der Waals surface area contributed by atoms with Crippen LogP contribution >= 0.6 is 11.6 Å². The summed E-state index contributed by atoms with van der Waals surface area (Å²) in [5.41, 5.74) is 4.21. The maximum atomic E-state index is 12.3. The zero-order valence-corrected chi connectivity index (χ0v) is 16.4. The van der Waals surface area contributed by atoms with Gasteiger partial charge in [-0.2, -0.15) is 0 Å². The number of hydrogen-bond acceptors (Lipinski definition) is 5. The smallest absolute Gasteiger partial charge is 0.311 e. The number of rotatable bonds is 6. The van der Waals surface area contributed by atoms with Gasteiger partial charge in [-0.05, 0) is 43.3 Å². The van der Waals surface area contributed by atoms with Crippen LogP contribution in [0.4, 0.5) is 0 Å². The number of hydrazine groups is 1. The minimum Gasteiger partial charge on any atom is -0.457 e. The maximum Gasteiger partial charge on any atom is 0.311 e. The Balaban J connectivity index is 1.52. The van der Waals surface area contributed by atoms with E-state index in [9.17, 15) is 19.2 Å². The third-order valence-corrected chi connectivity index (χ3v) is 4.74. The van der Waals surface area contributed by atoms with E-state index in [2.05, 4.69) is 5.43 Å². The van der Waals surface area contributed by atoms with Crippen molar-refractivity contribution >= 4 is 35.2 Å². The number of Topliss-reactive ketones (excluding diaryl/α,β-unsaturated/α-hetero) is 1.